The Morgan fingerprint density at radius 3 is 2.52 bits per heavy atom. The van der Waals surface area contributed by atoms with Crippen LogP contribution in [0.4, 0.5) is 0 Å². The molecule has 132 valence electrons. The van der Waals surface area contributed by atoms with Gasteiger partial charge in [-0.15, -0.1) is 5.10 Å². The fraction of sp³-hybridized carbons (Fsp3) is 0.471. The Bertz CT molecular complexity index is 721. The van der Waals surface area contributed by atoms with E-state index in [2.05, 4.69) is 20.8 Å². The fourth-order valence-electron chi connectivity index (χ4n) is 3.26. The van der Waals surface area contributed by atoms with E-state index in [-0.39, 0.29) is 18.2 Å². The molecule has 1 aromatic heterocycles. The van der Waals surface area contributed by atoms with Crippen molar-refractivity contribution in [1.82, 2.24) is 25.5 Å². The van der Waals surface area contributed by atoms with E-state index in [1.54, 1.807) is 31.4 Å². The molecule has 8 nitrogen and oxygen atoms in total. The molecule has 1 amide bonds. The highest BCUT2D eigenvalue weighted by atomic mass is 16.5. The number of tetrazole rings is 1. The standard InChI is InChI=1S/C17H21N5O3/c1-25-14-7-5-13(6-8-14)15(23)11-18-16(24)17(9-3-2-4-10-17)22-12-19-20-21-22/h5-8,12H,2-4,9-11H2,1H3,(H,18,24). The number of nitrogens with one attached hydrogen (secondary N) is 1. The first kappa shape index (κ1) is 17.1. The summed E-state index contributed by atoms with van der Waals surface area (Å²) >= 11 is 0. The van der Waals surface area contributed by atoms with Gasteiger partial charge in [0.2, 0.25) is 5.91 Å². The number of carbonyl (C=O) groups is 2. The van der Waals surface area contributed by atoms with E-state index < -0.39 is 5.54 Å². The number of ketones is 1. The molecular formula is C17H21N5O3. The summed E-state index contributed by atoms with van der Waals surface area (Å²) in [7, 11) is 1.57. The molecule has 0 saturated heterocycles. The molecule has 3 rings (SSSR count). The number of rotatable bonds is 6. The number of hydrogen-bond acceptors (Lipinski definition) is 6. The van der Waals surface area contributed by atoms with Gasteiger partial charge in [-0.2, -0.15) is 0 Å². The fourth-order valence-corrected chi connectivity index (χ4v) is 3.26. The van der Waals surface area contributed by atoms with Crippen LogP contribution in [0.25, 0.3) is 0 Å². The van der Waals surface area contributed by atoms with Gasteiger partial charge in [0.15, 0.2) is 5.78 Å². The highest BCUT2D eigenvalue weighted by Gasteiger charge is 2.42. The van der Waals surface area contributed by atoms with E-state index in [1.165, 1.54) is 11.0 Å². The van der Waals surface area contributed by atoms with Gasteiger partial charge < -0.3 is 10.1 Å². The summed E-state index contributed by atoms with van der Waals surface area (Å²) in [5.74, 6) is 0.320. The summed E-state index contributed by atoms with van der Waals surface area (Å²) < 4.78 is 6.61. The molecule has 1 aliphatic rings. The number of aromatic nitrogens is 4. The lowest BCUT2D eigenvalue weighted by Crippen LogP contribution is -2.51. The predicted octanol–water partition coefficient (Wildman–Crippen LogP) is 1.34. The minimum Gasteiger partial charge on any atom is -0.497 e. The van der Waals surface area contributed by atoms with Crippen molar-refractivity contribution in [2.24, 2.45) is 0 Å². The van der Waals surface area contributed by atoms with Crippen molar-refractivity contribution in [2.75, 3.05) is 13.7 Å². The largest absolute Gasteiger partial charge is 0.497 e. The lowest BCUT2D eigenvalue weighted by molar-refractivity contribution is -0.132. The lowest BCUT2D eigenvalue weighted by atomic mass is 9.81. The van der Waals surface area contributed by atoms with Crippen LogP contribution in [0.5, 0.6) is 5.75 Å². The zero-order chi connectivity index (χ0) is 17.7. The van der Waals surface area contributed by atoms with Crippen LogP contribution in [0, 0.1) is 0 Å². The number of methoxy groups -OCH3 is 1. The summed E-state index contributed by atoms with van der Waals surface area (Å²) in [5, 5.41) is 14.0. The molecule has 25 heavy (non-hydrogen) atoms. The molecule has 0 aliphatic heterocycles. The molecule has 1 fully saturated rings. The summed E-state index contributed by atoms with van der Waals surface area (Å²) in [5.41, 5.74) is -0.275. The van der Waals surface area contributed by atoms with Crippen LogP contribution in [0.3, 0.4) is 0 Å². The third-order valence-electron chi connectivity index (χ3n) is 4.71. The number of ether oxygens (including phenoxy) is 1. The van der Waals surface area contributed by atoms with E-state index in [1.807, 2.05) is 0 Å². The Morgan fingerprint density at radius 2 is 1.92 bits per heavy atom. The number of amides is 1. The molecule has 0 radical (unpaired) electrons. The van der Waals surface area contributed by atoms with Crippen molar-refractivity contribution >= 4 is 11.7 Å². The van der Waals surface area contributed by atoms with Gasteiger partial charge in [-0.05, 0) is 47.5 Å². The van der Waals surface area contributed by atoms with Crippen LogP contribution in [0.1, 0.15) is 42.5 Å². The maximum Gasteiger partial charge on any atom is 0.248 e. The van der Waals surface area contributed by atoms with Crippen LogP contribution < -0.4 is 10.1 Å². The first-order valence-electron chi connectivity index (χ1n) is 8.35. The van der Waals surface area contributed by atoms with Crippen molar-refractivity contribution < 1.29 is 14.3 Å². The monoisotopic (exact) mass is 343 g/mol. The zero-order valence-corrected chi connectivity index (χ0v) is 14.1. The summed E-state index contributed by atoms with van der Waals surface area (Å²) in [4.78, 5) is 25.2. The van der Waals surface area contributed by atoms with Crippen LogP contribution in [0.2, 0.25) is 0 Å². The summed E-state index contributed by atoms with van der Waals surface area (Å²) in [6.45, 7) is -0.0605. The third kappa shape index (κ3) is 3.52. The second-order valence-electron chi connectivity index (χ2n) is 6.18. The normalized spacial score (nSPS) is 16.2. The van der Waals surface area contributed by atoms with Gasteiger partial charge in [0.05, 0.1) is 13.7 Å². The summed E-state index contributed by atoms with van der Waals surface area (Å²) in [6.07, 6.45) is 5.75. The van der Waals surface area contributed by atoms with Gasteiger partial charge in [0.25, 0.3) is 0 Å². The number of carbonyl (C=O) groups excluding carboxylic acids is 2. The molecule has 1 aromatic carbocycles. The van der Waals surface area contributed by atoms with Gasteiger partial charge in [0, 0.05) is 5.56 Å². The molecular weight excluding hydrogens is 322 g/mol. The number of benzene rings is 1. The van der Waals surface area contributed by atoms with Crippen molar-refractivity contribution in [3.63, 3.8) is 0 Å². The number of hydrogen-bond donors (Lipinski definition) is 1. The smallest absolute Gasteiger partial charge is 0.248 e. The number of Topliss-reactive ketones (excluding diaryl/α,β-unsaturated/α-hetero) is 1. The molecule has 1 heterocycles. The third-order valence-corrected chi connectivity index (χ3v) is 4.71. The van der Waals surface area contributed by atoms with E-state index in [9.17, 15) is 9.59 Å². The first-order valence-corrected chi connectivity index (χ1v) is 8.35. The maximum absolute atomic E-state index is 12.9. The highest BCUT2D eigenvalue weighted by molar-refractivity contribution is 6.00. The highest BCUT2D eigenvalue weighted by Crippen LogP contribution is 2.34. The van der Waals surface area contributed by atoms with Gasteiger partial charge in [-0.3, -0.25) is 9.59 Å². The molecule has 8 heteroatoms. The second kappa shape index (κ2) is 7.42. The molecule has 1 saturated carbocycles. The van der Waals surface area contributed by atoms with Crippen molar-refractivity contribution in [3.8, 4) is 5.75 Å². The minimum atomic E-state index is -0.804. The van der Waals surface area contributed by atoms with Crippen LogP contribution >= 0.6 is 0 Å². The topological polar surface area (TPSA) is 99.0 Å². The van der Waals surface area contributed by atoms with Crippen molar-refractivity contribution in [2.45, 2.75) is 37.6 Å². The molecule has 2 aromatic rings. The second-order valence-corrected chi connectivity index (χ2v) is 6.18. The summed E-state index contributed by atoms with van der Waals surface area (Å²) in [6, 6.07) is 6.81. The Kier molecular flexibility index (Phi) is 5.06. The van der Waals surface area contributed by atoms with Crippen LogP contribution in [-0.4, -0.2) is 45.6 Å². The molecule has 1 N–H and O–H groups in total. The van der Waals surface area contributed by atoms with Crippen LogP contribution in [-0.2, 0) is 10.3 Å². The van der Waals surface area contributed by atoms with E-state index in [0.717, 1.165) is 19.3 Å². The van der Waals surface area contributed by atoms with Gasteiger partial charge in [-0.25, -0.2) is 4.68 Å². The average Bonchev–Trinajstić information content (AvgIpc) is 3.21. The van der Waals surface area contributed by atoms with Gasteiger partial charge in [0.1, 0.15) is 17.6 Å². The van der Waals surface area contributed by atoms with E-state index >= 15 is 0 Å². The zero-order valence-electron chi connectivity index (χ0n) is 14.1. The molecule has 0 unspecified atom stereocenters. The SMILES string of the molecule is COc1ccc(C(=O)CNC(=O)C2(n3cnnn3)CCCCC2)cc1. The maximum atomic E-state index is 12.9. The Hall–Kier alpha value is -2.77. The quantitative estimate of drug-likeness (QED) is 0.795. The Balaban J connectivity index is 1.68. The molecule has 0 atom stereocenters. The van der Waals surface area contributed by atoms with E-state index in [0.29, 0.717) is 24.2 Å². The van der Waals surface area contributed by atoms with E-state index in [4.69, 9.17) is 4.74 Å². The predicted molar refractivity (Wildman–Crippen MR) is 89.2 cm³/mol. The average molecular weight is 343 g/mol. The Morgan fingerprint density at radius 1 is 1.20 bits per heavy atom. The lowest BCUT2D eigenvalue weighted by Gasteiger charge is -2.34. The molecule has 0 bridgehead atoms. The number of nitrogens with zero attached hydrogens (tertiary/aromatic N) is 4. The van der Waals surface area contributed by atoms with Crippen molar-refractivity contribution in [1.29, 1.82) is 0 Å². The van der Waals surface area contributed by atoms with Gasteiger partial charge >= 0.3 is 0 Å². The van der Waals surface area contributed by atoms with Crippen LogP contribution in [0.15, 0.2) is 30.6 Å². The van der Waals surface area contributed by atoms with Crippen molar-refractivity contribution in [3.05, 3.63) is 36.2 Å². The molecule has 1 aliphatic carbocycles. The first-order chi connectivity index (χ1) is 12.2. The molecule has 0 spiro atoms. The minimum absolute atomic E-state index is 0.0605. The Labute approximate surface area is 145 Å². The van der Waals surface area contributed by atoms with Gasteiger partial charge in [-0.1, -0.05) is 19.3 Å².